The van der Waals surface area contributed by atoms with E-state index in [0.717, 1.165) is 34.7 Å². The second-order valence-corrected chi connectivity index (χ2v) is 3.70. The lowest BCUT2D eigenvalue weighted by atomic mass is 10.2. The number of fused-ring (bicyclic) bond motifs is 1. The van der Waals surface area contributed by atoms with E-state index in [0.29, 0.717) is 6.54 Å². The lowest BCUT2D eigenvalue weighted by molar-refractivity contribution is 0.779. The molecule has 0 aliphatic rings. The molecule has 4 nitrogen and oxygen atoms in total. The lowest BCUT2D eigenvalue weighted by Crippen LogP contribution is -1.98. The van der Waals surface area contributed by atoms with Crippen molar-refractivity contribution in [1.82, 2.24) is 14.5 Å². The van der Waals surface area contributed by atoms with Gasteiger partial charge in [-0.15, -0.1) is 0 Å². The van der Waals surface area contributed by atoms with Crippen LogP contribution in [0.5, 0.6) is 0 Å². The number of rotatable bonds is 2. The third-order valence-corrected chi connectivity index (χ3v) is 2.65. The molecule has 0 radical (unpaired) electrons. The van der Waals surface area contributed by atoms with Crippen molar-refractivity contribution in [2.45, 2.75) is 33.9 Å². The van der Waals surface area contributed by atoms with Crippen molar-refractivity contribution in [2.24, 2.45) is 5.73 Å². The maximum absolute atomic E-state index is 5.72. The van der Waals surface area contributed by atoms with Crippen LogP contribution >= 0.6 is 0 Å². The number of hydrogen-bond acceptors (Lipinski definition) is 3. The third kappa shape index (κ3) is 1.51. The Morgan fingerprint density at radius 1 is 1.33 bits per heavy atom. The van der Waals surface area contributed by atoms with E-state index in [2.05, 4.69) is 27.7 Å². The van der Waals surface area contributed by atoms with Crippen LogP contribution in [0, 0.1) is 13.8 Å². The van der Waals surface area contributed by atoms with Gasteiger partial charge in [-0.3, -0.25) is 0 Å². The summed E-state index contributed by atoms with van der Waals surface area (Å²) in [7, 11) is 0. The molecule has 2 N–H and O–H groups in total. The van der Waals surface area contributed by atoms with Crippen molar-refractivity contribution >= 4 is 11.0 Å². The first-order chi connectivity index (χ1) is 7.17. The first-order valence-corrected chi connectivity index (χ1v) is 5.20. The zero-order valence-corrected chi connectivity index (χ0v) is 9.41. The molecule has 15 heavy (non-hydrogen) atoms. The fourth-order valence-electron chi connectivity index (χ4n) is 1.99. The minimum Gasteiger partial charge on any atom is -0.332 e. The lowest BCUT2D eigenvalue weighted by Gasteiger charge is -2.02. The molecule has 2 rings (SSSR count). The van der Waals surface area contributed by atoms with Crippen LogP contribution in [-0.2, 0) is 13.1 Å². The number of hydrogen-bond donors (Lipinski definition) is 1. The molecule has 80 valence electrons. The molecule has 0 saturated carbocycles. The van der Waals surface area contributed by atoms with Crippen molar-refractivity contribution in [3.8, 4) is 0 Å². The fourth-order valence-corrected chi connectivity index (χ4v) is 1.99. The molecule has 2 aromatic heterocycles. The molecule has 0 fully saturated rings. The van der Waals surface area contributed by atoms with Gasteiger partial charge in [-0.05, 0) is 26.3 Å². The van der Waals surface area contributed by atoms with Crippen molar-refractivity contribution in [3.63, 3.8) is 0 Å². The summed E-state index contributed by atoms with van der Waals surface area (Å²) >= 11 is 0. The predicted octanol–water partition coefficient (Wildman–Crippen LogP) is 1.53. The smallest absolute Gasteiger partial charge is 0.144 e. The molecule has 4 heteroatoms. The third-order valence-electron chi connectivity index (χ3n) is 2.65. The highest BCUT2D eigenvalue weighted by molar-refractivity contribution is 5.82. The maximum Gasteiger partial charge on any atom is 0.144 e. The summed E-state index contributed by atoms with van der Waals surface area (Å²) < 4.78 is 2.12. The number of nitrogens with zero attached hydrogens (tertiary/aromatic N) is 3. The number of aromatic nitrogens is 3. The average Bonchev–Trinajstić information content (AvgIpc) is 2.55. The second kappa shape index (κ2) is 3.62. The summed E-state index contributed by atoms with van der Waals surface area (Å²) in [5.74, 6) is 0.816. The van der Waals surface area contributed by atoms with E-state index < -0.39 is 0 Å². The zero-order valence-electron chi connectivity index (χ0n) is 9.41. The van der Waals surface area contributed by atoms with Crippen LogP contribution in [-0.4, -0.2) is 14.5 Å². The molecule has 0 aromatic carbocycles. The summed E-state index contributed by atoms with van der Waals surface area (Å²) in [6.07, 6.45) is 2.08. The Balaban J connectivity index is 2.85. The van der Waals surface area contributed by atoms with Gasteiger partial charge in [-0.25, -0.2) is 9.97 Å². The molecule has 0 amide bonds. The van der Waals surface area contributed by atoms with E-state index in [1.165, 1.54) is 0 Å². The van der Waals surface area contributed by atoms with Gasteiger partial charge >= 0.3 is 0 Å². The molecule has 0 atom stereocenters. The van der Waals surface area contributed by atoms with Gasteiger partial charge in [-0.2, -0.15) is 0 Å². The van der Waals surface area contributed by atoms with Gasteiger partial charge in [-0.1, -0.05) is 0 Å². The second-order valence-electron chi connectivity index (χ2n) is 3.70. The van der Waals surface area contributed by atoms with E-state index in [1.54, 1.807) is 0 Å². The van der Waals surface area contributed by atoms with Crippen LogP contribution in [0.3, 0.4) is 0 Å². The summed E-state index contributed by atoms with van der Waals surface area (Å²) in [6, 6.07) is 0. The normalized spacial score (nSPS) is 11.2. The molecule has 0 spiro atoms. The highest BCUT2D eigenvalue weighted by Gasteiger charge is 2.11. The summed E-state index contributed by atoms with van der Waals surface area (Å²) in [5.41, 5.74) is 8.87. The Bertz CT molecular complexity index is 499. The summed E-state index contributed by atoms with van der Waals surface area (Å²) in [6.45, 7) is 7.48. The molecular formula is C11H16N4. The van der Waals surface area contributed by atoms with Gasteiger partial charge in [0.15, 0.2) is 0 Å². The molecule has 0 aliphatic carbocycles. The molecule has 2 heterocycles. The van der Waals surface area contributed by atoms with E-state index in [1.807, 2.05) is 13.8 Å². The monoisotopic (exact) mass is 204 g/mol. The zero-order chi connectivity index (χ0) is 11.0. The Labute approximate surface area is 89.1 Å². The molecular weight excluding hydrogens is 188 g/mol. The van der Waals surface area contributed by atoms with Gasteiger partial charge in [0.2, 0.25) is 0 Å². The van der Waals surface area contributed by atoms with E-state index in [-0.39, 0.29) is 0 Å². The van der Waals surface area contributed by atoms with E-state index in [9.17, 15) is 0 Å². The van der Waals surface area contributed by atoms with Crippen molar-refractivity contribution < 1.29 is 0 Å². The Kier molecular flexibility index (Phi) is 2.44. The van der Waals surface area contributed by atoms with Crippen LogP contribution in [0.1, 0.15) is 24.0 Å². The minimum absolute atomic E-state index is 0.538. The quantitative estimate of drug-likeness (QED) is 0.807. The van der Waals surface area contributed by atoms with Crippen molar-refractivity contribution in [3.05, 3.63) is 23.3 Å². The maximum atomic E-state index is 5.72. The van der Waals surface area contributed by atoms with Crippen molar-refractivity contribution in [1.29, 1.82) is 0 Å². The predicted molar refractivity (Wildman–Crippen MR) is 60.6 cm³/mol. The molecule has 0 saturated heterocycles. The van der Waals surface area contributed by atoms with Crippen LogP contribution < -0.4 is 5.73 Å². The highest BCUT2D eigenvalue weighted by Crippen LogP contribution is 2.22. The average molecular weight is 204 g/mol. The standard InChI is InChI=1S/C11H16N4/c1-4-15-6-9(5-12)10-7(2)13-8(3)14-11(10)15/h6H,4-5,12H2,1-3H3. The Hall–Kier alpha value is -1.42. The first-order valence-electron chi connectivity index (χ1n) is 5.20. The largest absolute Gasteiger partial charge is 0.332 e. The number of nitrogens with two attached hydrogens (primary N) is 1. The number of aryl methyl sites for hydroxylation is 3. The molecule has 0 unspecified atom stereocenters. The van der Waals surface area contributed by atoms with Gasteiger partial charge in [0.1, 0.15) is 11.5 Å². The first kappa shape index (κ1) is 10.1. The van der Waals surface area contributed by atoms with Crippen LogP contribution in [0.15, 0.2) is 6.20 Å². The SMILES string of the molecule is CCn1cc(CN)c2c(C)nc(C)nc21. The van der Waals surface area contributed by atoms with Gasteiger partial charge in [0.25, 0.3) is 0 Å². The Morgan fingerprint density at radius 2 is 2.07 bits per heavy atom. The molecule has 0 bridgehead atoms. The Morgan fingerprint density at radius 3 is 2.67 bits per heavy atom. The van der Waals surface area contributed by atoms with Crippen LogP contribution in [0.25, 0.3) is 11.0 Å². The minimum atomic E-state index is 0.538. The van der Waals surface area contributed by atoms with Crippen LogP contribution in [0.2, 0.25) is 0 Å². The summed E-state index contributed by atoms with van der Waals surface area (Å²) in [4.78, 5) is 8.85. The van der Waals surface area contributed by atoms with E-state index >= 15 is 0 Å². The molecule has 0 aliphatic heterocycles. The van der Waals surface area contributed by atoms with Gasteiger partial charge in [0.05, 0.1) is 5.69 Å². The van der Waals surface area contributed by atoms with Gasteiger partial charge < -0.3 is 10.3 Å². The topological polar surface area (TPSA) is 56.7 Å². The van der Waals surface area contributed by atoms with E-state index in [4.69, 9.17) is 5.73 Å². The summed E-state index contributed by atoms with van der Waals surface area (Å²) in [5, 5.41) is 1.12. The highest BCUT2D eigenvalue weighted by atomic mass is 15.1. The van der Waals surface area contributed by atoms with Crippen LogP contribution in [0.4, 0.5) is 0 Å². The fraction of sp³-hybridized carbons (Fsp3) is 0.455. The van der Waals surface area contributed by atoms with Gasteiger partial charge in [0, 0.05) is 24.7 Å². The van der Waals surface area contributed by atoms with Crippen molar-refractivity contribution in [2.75, 3.05) is 0 Å². The molecule has 2 aromatic rings.